The molecule has 256 valence electrons. The topological polar surface area (TPSA) is 128 Å². The van der Waals surface area contributed by atoms with Gasteiger partial charge < -0.3 is 30.2 Å². The molecule has 3 N–H and O–H groups in total. The molecule has 0 radical (unpaired) electrons. The highest BCUT2D eigenvalue weighted by Crippen LogP contribution is 2.36. The second kappa shape index (κ2) is 17.1. The number of thioether (sulfide) groups is 1. The van der Waals surface area contributed by atoms with Gasteiger partial charge in [0.25, 0.3) is 11.8 Å². The van der Waals surface area contributed by atoms with Crippen LogP contribution in [0.1, 0.15) is 15.9 Å². The summed E-state index contributed by atoms with van der Waals surface area (Å²) < 4.78 is 16.3. The van der Waals surface area contributed by atoms with E-state index >= 15 is 0 Å². The number of aromatic nitrogens is 1. The van der Waals surface area contributed by atoms with E-state index in [1.165, 1.54) is 50.5 Å². The molecule has 5 rings (SSSR count). The molecule has 0 saturated carbocycles. The molecule has 14 heteroatoms. The molecule has 5 aromatic rings. The highest BCUT2D eigenvalue weighted by molar-refractivity contribution is 8.00. The molecule has 0 atom stereocenters. The number of methoxy groups -OCH3 is 3. The molecule has 0 aliphatic rings. The normalized spacial score (nSPS) is 11.0. The van der Waals surface area contributed by atoms with Gasteiger partial charge in [0.05, 0.1) is 37.8 Å². The predicted octanol–water partition coefficient (Wildman–Crippen LogP) is 8.28. The van der Waals surface area contributed by atoms with Gasteiger partial charge in [0.15, 0.2) is 16.6 Å². The number of ether oxygens (including phenoxy) is 3. The number of nitrogens with zero attached hydrogens (tertiary/aromatic N) is 1. The van der Waals surface area contributed by atoms with Crippen LogP contribution in [-0.2, 0) is 9.59 Å². The molecule has 10 nitrogen and oxygen atoms in total. The molecule has 0 spiro atoms. The predicted molar refractivity (Wildman–Crippen MR) is 200 cm³/mol. The van der Waals surface area contributed by atoms with Gasteiger partial charge in [-0.05, 0) is 66.7 Å². The van der Waals surface area contributed by atoms with Gasteiger partial charge >= 0.3 is 0 Å². The third kappa shape index (κ3) is 9.36. The second-order valence-corrected chi connectivity index (χ2v) is 13.1. The van der Waals surface area contributed by atoms with Gasteiger partial charge in [-0.2, -0.15) is 0 Å². The monoisotopic (exact) mass is 748 g/mol. The van der Waals surface area contributed by atoms with Crippen molar-refractivity contribution in [3.8, 4) is 28.5 Å². The fourth-order valence-electron chi connectivity index (χ4n) is 4.55. The van der Waals surface area contributed by atoms with Crippen LogP contribution in [0.5, 0.6) is 17.2 Å². The Labute approximate surface area is 306 Å². The molecule has 1 aromatic heterocycles. The van der Waals surface area contributed by atoms with Gasteiger partial charge in [0, 0.05) is 43.7 Å². The number of nitrogens with one attached hydrogen (secondary N) is 3. The molecule has 4 aromatic carbocycles. The summed E-state index contributed by atoms with van der Waals surface area (Å²) in [5.41, 5.74) is 2.63. The summed E-state index contributed by atoms with van der Waals surface area (Å²) >= 11 is 14.9. The first-order valence-electron chi connectivity index (χ1n) is 14.8. The van der Waals surface area contributed by atoms with Crippen LogP contribution in [0.25, 0.3) is 17.3 Å². The lowest BCUT2D eigenvalue weighted by Crippen LogP contribution is -2.30. The van der Waals surface area contributed by atoms with Crippen LogP contribution >= 0.6 is 46.3 Å². The third-order valence-corrected chi connectivity index (χ3v) is 9.32. The zero-order valence-electron chi connectivity index (χ0n) is 26.9. The average Bonchev–Trinajstić information content (AvgIpc) is 3.58. The Hall–Kier alpha value is -5.01. The zero-order valence-corrected chi connectivity index (χ0v) is 30.1. The molecule has 0 unspecified atom stereocenters. The largest absolute Gasteiger partial charge is 0.496 e. The number of hydrogen-bond acceptors (Lipinski definition) is 9. The minimum absolute atomic E-state index is 0.0387. The summed E-state index contributed by atoms with van der Waals surface area (Å²) in [5, 5.41) is 11.6. The highest BCUT2D eigenvalue weighted by atomic mass is 35.5. The van der Waals surface area contributed by atoms with Gasteiger partial charge in [-0.25, -0.2) is 4.98 Å². The van der Waals surface area contributed by atoms with E-state index in [4.69, 9.17) is 37.4 Å². The first kappa shape index (κ1) is 36.3. The molecule has 3 amide bonds. The minimum atomic E-state index is -0.575. The first-order chi connectivity index (χ1) is 24.2. The van der Waals surface area contributed by atoms with Crippen LogP contribution in [0.4, 0.5) is 10.8 Å². The average molecular weight is 750 g/mol. The Morgan fingerprint density at radius 3 is 2.22 bits per heavy atom. The fraction of sp³-hybridized carbons (Fsp3) is 0.111. The molecule has 0 aliphatic heterocycles. The van der Waals surface area contributed by atoms with Crippen molar-refractivity contribution < 1.29 is 28.6 Å². The van der Waals surface area contributed by atoms with Crippen LogP contribution in [-0.4, -0.2) is 49.8 Å². The summed E-state index contributed by atoms with van der Waals surface area (Å²) in [5.74, 6) is 0.0997. The Morgan fingerprint density at radius 2 is 1.54 bits per heavy atom. The van der Waals surface area contributed by atoms with Gasteiger partial charge in [-0.15, -0.1) is 23.1 Å². The standard InChI is InChI=1S/C36H30Cl2N4O6S2/c1-46-30-18-32(48-3)31(47-2)16-22(30)15-28(40-34(44)21-7-5-4-6-8-21)35(45)39-24-10-12-25(13-11-24)49-20-33(43)42-36-41-29(19-50-36)26-14-9-23(37)17-27(26)38/h4-19H,20H2,1-3H3,(H,39,45)(H,40,44)(H,41,42,43)/b28-15-. The van der Waals surface area contributed by atoms with Crippen LogP contribution in [0.3, 0.4) is 0 Å². The van der Waals surface area contributed by atoms with Crippen molar-refractivity contribution in [2.24, 2.45) is 0 Å². The van der Waals surface area contributed by atoms with Crippen molar-refractivity contribution in [1.29, 1.82) is 0 Å². The van der Waals surface area contributed by atoms with Crippen LogP contribution < -0.4 is 30.2 Å². The van der Waals surface area contributed by atoms with Crippen molar-refractivity contribution in [3.63, 3.8) is 0 Å². The smallest absolute Gasteiger partial charge is 0.272 e. The minimum Gasteiger partial charge on any atom is -0.496 e. The molecule has 0 fully saturated rings. The first-order valence-corrected chi connectivity index (χ1v) is 17.4. The molecule has 50 heavy (non-hydrogen) atoms. The maximum Gasteiger partial charge on any atom is 0.272 e. The fourth-order valence-corrected chi connectivity index (χ4v) is 6.48. The van der Waals surface area contributed by atoms with Gasteiger partial charge in [0.2, 0.25) is 5.91 Å². The van der Waals surface area contributed by atoms with Crippen LogP contribution in [0.2, 0.25) is 10.0 Å². The zero-order chi connectivity index (χ0) is 35.6. The molecule has 0 aliphatic carbocycles. The van der Waals surface area contributed by atoms with E-state index in [1.54, 1.807) is 84.9 Å². The van der Waals surface area contributed by atoms with E-state index < -0.39 is 11.8 Å². The molecular weight excluding hydrogens is 719 g/mol. The Balaban J connectivity index is 1.25. The molecule has 0 saturated heterocycles. The number of rotatable bonds is 13. The highest BCUT2D eigenvalue weighted by Gasteiger charge is 2.18. The van der Waals surface area contributed by atoms with E-state index in [9.17, 15) is 14.4 Å². The lowest BCUT2D eigenvalue weighted by Gasteiger charge is -2.15. The van der Waals surface area contributed by atoms with E-state index in [0.29, 0.717) is 54.9 Å². The van der Waals surface area contributed by atoms with Crippen molar-refractivity contribution in [1.82, 2.24) is 10.3 Å². The summed E-state index contributed by atoms with van der Waals surface area (Å²) in [7, 11) is 4.48. The van der Waals surface area contributed by atoms with E-state index in [0.717, 1.165) is 10.5 Å². The summed E-state index contributed by atoms with van der Waals surface area (Å²) in [6.07, 6.45) is 1.50. The van der Waals surface area contributed by atoms with Crippen LogP contribution in [0.15, 0.2) is 101 Å². The number of hydrogen-bond donors (Lipinski definition) is 3. The SMILES string of the molecule is COc1cc(OC)c(OC)cc1/C=C(\NC(=O)c1ccccc1)C(=O)Nc1ccc(SCC(=O)Nc2nc(-c3ccc(Cl)cc3Cl)cs2)cc1. The van der Waals surface area contributed by atoms with Gasteiger partial charge in [-0.3, -0.25) is 14.4 Å². The van der Waals surface area contributed by atoms with E-state index in [2.05, 4.69) is 20.9 Å². The summed E-state index contributed by atoms with van der Waals surface area (Å²) in [6, 6.07) is 23.9. The lowest BCUT2D eigenvalue weighted by molar-refractivity contribution is -0.114. The van der Waals surface area contributed by atoms with Crippen molar-refractivity contribution in [2.45, 2.75) is 4.90 Å². The Morgan fingerprint density at radius 1 is 0.840 bits per heavy atom. The Bertz CT molecular complexity index is 2040. The van der Waals surface area contributed by atoms with Gasteiger partial charge in [-0.1, -0.05) is 41.4 Å². The van der Waals surface area contributed by atoms with Gasteiger partial charge in [0.1, 0.15) is 11.4 Å². The van der Waals surface area contributed by atoms with Crippen LogP contribution in [0, 0.1) is 0 Å². The number of carbonyl (C=O) groups is 3. The second-order valence-electron chi connectivity index (χ2n) is 10.3. The van der Waals surface area contributed by atoms with Crippen molar-refractivity contribution in [3.05, 3.63) is 117 Å². The van der Waals surface area contributed by atoms with Crippen molar-refractivity contribution in [2.75, 3.05) is 37.7 Å². The number of amides is 3. The van der Waals surface area contributed by atoms with Crippen molar-refractivity contribution >= 4 is 80.9 Å². The molecule has 0 bridgehead atoms. The quantitative estimate of drug-likeness (QED) is 0.0811. The summed E-state index contributed by atoms with van der Waals surface area (Å²) in [4.78, 5) is 44.6. The number of benzene rings is 4. The summed E-state index contributed by atoms with van der Waals surface area (Å²) in [6.45, 7) is 0. The number of halogens is 2. The van der Waals surface area contributed by atoms with E-state index in [1.807, 2.05) is 5.38 Å². The Kier molecular flexibility index (Phi) is 12.4. The van der Waals surface area contributed by atoms with E-state index in [-0.39, 0.29) is 17.4 Å². The molecule has 1 heterocycles. The maximum atomic E-state index is 13.6. The maximum absolute atomic E-state index is 13.6. The number of anilines is 2. The molecular formula is C36H30Cl2N4O6S2. The number of carbonyl (C=O) groups excluding carboxylic acids is 3. The third-order valence-electron chi connectivity index (χ3n) is 7.00. The lowest BCUT2D eigenvalue weighted by atomic mass is 10.1. The number of thiazole rings is 1.